The largest absolute Gasteiger partial charge is 0.326 e. The van der Waals surface area contributed by atoms with Gasteiger partial charge in [-0.05, 0) is 24.3 Å². The maximum absolute atomic E-state index is 11.9. The molecule has 0 saturated heterocycles. The number of aromatic nitrogens is 4. The molecular formula is C13H10N6OS. The molecular weight excluding hydrogens is 288 g/mol. The third kappa shape index (κ3) is 3.04. The van der Waals surface area contributed by atoms with Crippen LogP contribution in [0.3, 0.4) is 0 Å². The van der Waals surface area contributed by atoms with Crippen LogP contribution < -0.4 is 5.32 Å². The van der Waals surface area contributed by atoms with Crippen LogP contribution in [-0.4, -0.2) is 25.7 Å². The van der Waals surface area contributed by atoms with E-state index in [0.29, 0.717) is 24.1 Å². The zero-order valence-corrected chi connectivity index (χ0v) is 11.7. The van der Waals surface area contributed by atoms with Crippen molar-refractivity contribution in [3.05, 3.63) is 41.2 Å². The van der Waals surface area contributed by atoms with Crippen molar-refractivity contribution in [2.75, 3.05) is 5.32 Å². The standard InChI is InChI=1S/C13H10N6OS/c14-7-9-1-3-10(4-2-9)16-11(20)5-6-12-18-19-8-15-17-13(19)21-12/h1-4,8H,5-6H2,(H,16,20). The van der Waals surface area contributed by atoms with Gasteiger partial charge in [-0.15, -0.1) is 10.2 Å². The Balaban J connectivity index is 1.56. The van der Waals surface area contributed by atoms with Crippen LogP contribution in [-0.2, 0) is 11.2 Å². The number of rotatable bonds is 4. The van der Waals surface area contributed by atoms with Crippen molar-refractivity contribution >= 4 is 27.9 Å². The summed E-state index contributed by atoms with van der Waals surface area (Å²) in [6, 6.07) is 8.78. The molecule has 1 aromatic carbocycles. The Labute approximate surface area is 123 Å². The lowest BCUT2D eigenvalue weighted by Gasteiger charge is -2.03. The van der Waals surface area contributed by atoms with Gasteiger partial charge >= 0.3 is 0 Å². The molecule has 1 amide bonds. The fourth-order valence-corrected chi connectivity index (χ4v) is 2.59. The number of aryl methyl sites for hydroxylation is 1. The summed E-state index contributed by atoms with van der Waals surface area (Å²) >= 11 is 1.42. The van der Waals surface area contributed by atoms with Crippen molar-refractivity contribution in [2.24, 2.45) is 0 Å². The van der Waals surface area contributed by atoms with E-state index in [1.807, 2.05) is 6.07 Å². The molecule has 0 unspecified atom stereocenters. The van der Waals surface area contributed by atoms with Crippen LogP contribution in [0.4, 0.5) is 5.69 Å². The van der Waals surface area contributed by atoms with E-state index in [1.165, 1.54) is 17.7 Å². The number of fused-ring (bicyclic) bond motifs is 1. The van der Waals surface area contributed by atoms with Crippen LogP contribution in [0.5, 0.6) is 0 Å². The molecule has 3 rings (SSSR count). The average molecular weight is 298 g/mol. The van der Waals surface area contributed by atoms with E-state index in [0.717, 1.165) is 9.97 Å². The zero-order valence-electron chi connectivity index (χ0n) is 10.9. The van der Waals surface area contributed by atoms with Crippen LogP contribution in [0.2, 0.25) is 0 Å². The Morgan fingerprint density at radius 2 is 2.19 bits per heavy atom. The van der Waals surface area contributed by atoms with Gasteiger partial charge in [0.15, 0.2) is 0 Å². The molecule has 2 aromatic heterocycles. The Bertz CT molecular complexity index is 785. The summed E-state index contributed by atoms with van der Waals surface area (Å²) in [6.45, 7) is 0. The summed E-state index contributed by atoms with van der Waals surface area (Å²) in [6.07, 6.45) is 2.42. The normalized spacial score (nSPS) is 10.4. The molecule has 0 bridgehead atoms. The Morgan fingerprint density at radius 1 is 1.38 bits per heavy atom. The van der Waals surface area contributed by atoms with Crippen LogP contribution >= 0.6 is 11.3 Å². The third-order valence-electron chi connectivity index (χ3n) is 2.79. The fraction of sp³-hybridized carbons (Fsp3) is 0.154. The maximum atomic E-state index is 11.9. The van der Waals surface area contributed by atoms with Crippen molar-refractivity contribution in [2.45, 2.75) is 12.8 Å². The van der Waals surface area contributed by atoms with Gasteiger partial charge in [0.1, 0.15) is 11.3 Å². The van der Waals surface area contributed by atoms with Crippen molar-refractivity contribution in [3.8, 4) is 6.07 Å². The zero-order chi connectivity index (χ0) is 14.7. The molecule has 0 spiro atoms. The number of benzene rings is 1. The molecule has 3 aromatic rings. The monoisotopic (exact) mass is 298 g/mol. The Hall–Kier alpha value is -2.79. The quantitative estimate of drug-likeness (QED) is 0.789. The molecule has 2 heterocycles. The molecule has 8 heteroatoms. The minimum Gasteiger partial charge on any atom is -0.326 e. The summed E-state index contributed by atoms with van der Waals surface area (Å²) in [5.74, 6) is -0.0920. The van der Waals surface area contributed by atoms with Gasteiger partial charge in [0, 0.05) is 18.5 Å². The second kappa shape index (κ2) is 5.68. The average Bonchev–Trinajstić information content (AvgIpc) is 3.07. The summed E-state index contributed by atoms with van der Waals surface area (Å²) in [7, 11) is 0. The maximum Gasteiger partial charge on any atom is 0.234 e. The lowest BCUT2D eigenvalue weighted by atomic mass is 10.2. The summed E-state index contributed by atoms with van der Waals surface area (Å²) in [5, 5.41) is 24.2. The van der Waals surface area contributed by atoms with E-state index in [9.17, 15) is 4.79 Å². The summed E-state index contributed by atoms with van der Waals surface area (Å²) in [5.41, 5.74) is 1.24. The number of amides is 1. The van der Waals surface area contributed by atoms with E-state index >= 15 is 0 Å². The first-order valence-corrected chi connectivity index (χ1v) is 7.02. The van der Waals surface area contributed by atoms with Gasteiger partial charge in [0.05, 0.1) is 11.6 Å². The molecule has 0 aliphatic rings. The highest BCUT2D eigenvalue weighted by molar-refractivity contribution is 7.16. The van der Waals surface area contributed by atoms with E-state index in [4.69, 9.17) is 5.26 Å². The van der Waals surface area contributed by atoms with Crippen LogP contribution in [0.15, 0.2) is 30.6 Å². The van der Waals surface area contributed by atoms with Crippen molar-refractivity contribution in [3.63, 3.8) is 0 Å². The molecule has 0 fully saturated rings. The fourth-order valence-electron chi connectivity index (χ4n) is 1.77. The molecule has 104 valence electrons. The molecule has 21 heavy (non-hydrogen) atoms. The summed E-state index contributed by atoms with van der Waals surface area (Å²) in [4.78, 5) is 12.6. The SMILES string of the molecule is N#Cc1ccc(NC(=O)CCc2nn3cnnc3s2)cc1. The second-order valence-corrected chi connectivity index (χ2v) is 5.33. The first-order valence-electron chi connectivity index (χ1n) is 6.20. The van der Waals surface area contributed by atoms with E-state index in [-0.39, 0.29) is 5.91 Å². The molecule has 0 atom stereocenters. The van der Waals surface area contributed by atoms with Gasteiger partial charge in [-0.25, -0.2) is 0 Å². The van der Waals surface area contributed by atoms with Crippen LogP contribution in [0, 0.1) is 11.3 Å². The first-order chi connectivity index (χ1) is 10.2. The Kier molecular flexibility index (Phi) is 3.57. The number of nitrogens with zero attached hydrogens (tertiary/aromatic N) is 5. The highest BCUT2D eigenvalue weighted by Crippen LogP contribution is 2.14. The molecule has 0 aliphatic heterocycles. The van der Waals surface area contributed by atoms with Crippen LogP contribution in [0.1, 0.15) is 17.0 Å². The van der Waals surface area contributed by atoms with Crippen molar-refractivity contribution < 1.29 is 4.79 Å². The predicted molar refractivity (Wildman–Crippen MR) is 76.8 cm³/mol. The molecule has 1 N–H and O–H groups in total. The van der Waals surface area contributed by atoms with Gasteiger partial charge in [-0.2, -0.15) is 14.9 Å². The summed E-state index contributed by atoms with van der Waals surface area (Å²) < 4.78 is 1.60. The van der Waals surface area contributed by atoms with E-state index in [1.54, 1.807) is 28.8 Å². The van der Waals surface area contributed by atoms with Gasteiger partial charge in [-0.3, -0.25) is 4.79 Å². The topological polar surface area (TPSA) is 96.0 Å². The number of nitriles is 1. The first kappa shape index (κ1) is 13.2. The van der Waals surface area contributed by atoms with E-state index < -0.39 is 0 Å². The minimum absolute atomic E-state index is 0.0920. The van der Waals surface area contributed by atoms with E-state index in [2.05, 4.69) is 20.6 Å². The van der Waals surface area contributed by atoms with Gasteiger partial charge < -0.3 is 5.32 Å². The number of carbonyl (C=O) groups excluding carboxylic acids is 1. The highest BCUT2D eigenvalue weighted by atomic mass is 32.1. The number of anilines is 1. The minimum atomic E-state index is -0.0920. The molecule has 0 radical (unpaired) electrons. The van der Waals surface area contributed by atoms with Crippen LogP contribution in [0.25, 0.3) is 4.96 Å². The number of hydrogen-bond donors (Lipinski definition) is 1. The highest BCUT2D eigenvalue weighted by Gasteiger charge is 2.08. The lowest BCUT2D eigenvalue weighted by molar-refractivity contribution is -0.116. The van der Waals surface area contributed by atoms with Crippen molar-refractivity contribution in [1.82, 2.24) is 19.8 Å². The number of hydrogen-bond acceptors (Lipinski definition) is 6. The van der Waals surface area contributed by atoms with Gasteiger partial charge in [0.2, 0.25) is 10.9 Å². The molecule has 0 saturated carbocycles. The number of nitrogens with one attached hydrogen (secondary N) is 1. The smallest absolute Gasteiger partial charge is 0.234 e. The second-order valence-electron chi connectivity index (χ2n) is 4.29. The number of carbonyl (C=O) groups is 1. The predicted octanol–water partition coefficient (Wildman–Crippen LogP) is 1.63. The molecule has 0 aliphatic carbocycles. The third-order valence-corrected chi connectivity index (χ3v) is 3.77. The Morgan fingerprint density at radius 3 is 2.90 bits per heavy atom. The van der Waals surface area contributed by atoms with Gasteiger partial charge in [-0.1, -0.05) is 11.3 Å². The lowest BCUT2D eigenvalue weighted by Crippen LogP contribution is -2.12. The molecule has 7 nitrogen and oxygen atoms in total. The van der Waals surface area contributed by atoms with Crippen molar-refractivity contribution in [1.29, 1.82) is 5.26 Å². The van der Waals surface area contributed by atoms with Gasteiger partial charge in [0.25, 0.3) is 0 Å².